The molecule has 1 aliphatic rings. The van der Waals surface area contributed by atoms with Gasteiger partial charge < -0.3 is 10.6 Å². The fourth-order valence-corrected chi connectivity index (χ4v) is 3.52. The van der Waals surface area contributed by atoms with Crippen LogP contribution in [-0.2, 0) is 12.8 Å². The zero-order valence-electron chi connectivity index (χ0n) is 14.3. The van der Waals surface area contributed by atoms with E-state index in [4.69, 9.17) is 0 Å². The Morgan fingerprint density at radius 3 is 2.96 bits per heavy atom. The molecule has 3 N–H and O–H groups in total. The number of nitrogens with one attached hydrogen (secondary N) is 3. The summed E-state index contributed by atoms with van der Waals surface area (Å²) in [4.78, 5) is 12.4. The van der Waals surface area contributed by atoms with Gasteiger partial charge in [-0.05, 0) is 47.7 Å². The highest BCUT2D eigenvalue weighted by molar-refractivity contribution is 5.83. The Hall–Kier alpha value is -2.82. The average Bonchev–Trinajstić information content (AvgIpc) is 3.09. The standard InChI is InChI=1S/C20H22N4O/c1-13(15-7-6-14-4-2-3-5-16(14)10-15)22-20(25)23-18-9-8-17-12-21-24-19(17)11-18/h2-7,10,12-13,18H,8-9,11H2,1H3,(H,21,24)(H2,22,23,25)/t13-,18-/m0/s1. The second-order valence-electron chi connectivity index (χ2n) is 6.76. The average molecular weight is 334 g/mol. The summed E-state index contributed by atoms with van der Waals surface area (Å²) < 4.78 is 0. The van der Waals surface area contributed by atoms with Crippen molar-refractivity contribution in [2.45, 2.75) is 38.3 Å². The second kappa shape index (κ2) is 6.59. The van der Waals surface area contributed by atoms with Crippen molar-refractivity contribution in [2.24, 2.45) is 0 Å². The first kappa shape index (κ1) is 15.7. The number of fused-ring (bicyclic) bond motifs is 2. The summed E-state index contributed by atoms with van der Waals surface area (Å²) in [7, 11) is 0. The van der Waals surface area contributed by atoms with Gasteiger partial charge in [-0.1, -0.05) is 36.4 Å². The van der Waals surface area contributed by atoms with Gasteiger partial charge in [-0.25, -0.2) is 4.79 Å². The Labute approximate surface area is 146 Å². The number of urea groups is 1. The first-order valence-corrected chi connectivity index (χ1v) is 8.76. The molecule has 0 unspecified atom stereocenters. The molecule has 1 heterocycles. The van der Waals surface area contributed by atoms with Crippen LogP contribution in [0.3, 0.4) is 0 Å². The van der Waals surface area contributed by atoms with Crippen LogP contribution in [0.5, 0.6) is 0 Å². The van der Waals surface area contributed by atoms with Crippen LogP contribution in [-0.4, -0.2) is 22.3 Å². The number of hydrogen-bond acceptors (Lipinski definition) is 2. The molecule has 0 spiro atoms. The number of carbonyl (C=O) groups excluding carboxylic acids is 1. The number of H-pyrrole nitrogens is 1. The third-order valence-corrected chi connectivity index (χ3v) is 4.98. The minimum atomic E-state index is -0.117. The highest BCUT2D eigenvalue weighted by Crippen LogP contribution is 2.21. The fourth-order valence-electron chi connectivity index (χ4n) is 3.52. The van der Waals surface area contributed by atoms with E-state index < -0.39 is 0 Å². The normalized spacial score (nSPS) is 17.7. The maximum atomic E-state index is 12.4. The van der Waals surface area contributed by atoms with Gasteiger partial charge in [0, 0.05) is 18.2 Å². The molecule has 0 bridgehead atoms. The molecular weight excluding hydrogens is 312 g/mol. The van der Waals surface area contributed by atoms with E-state index in [9.17, 15) is 4.79 Å². The van der Waals surface area contributed by atoms with Crippen molar-refractivity contribution < 1.29 is 4.79 Å². The summed E-state index contributed by atoms with van der Waals surface area (Å²) in [5.74, 6) is 0. The van der Waals surface area contributed by atoms with E-state index in [2.05, 4.69) is 51.2 Å². The minimum absolute atomic E-state index is 0.0455. The lowest BCUT2D eigenvalue weighted by Gasteiger charge is -2.24. The van der Waals surface area contributed by atoms with Crippen molar-refractivity contribution in [2.75, 3.05) is 0 Å². The first-order valence-electron chi connectivity index (χ1n) is 8.76. The van der Waals surface area contributed by atoms with E-state index in [1.807, 2.05) is 25.3 Å². The third-order valence-electron chi connectivity index (χ3n) is 4.98. The Balaban J connectivity index is 1.38. The Bertz CT molecular complexity index is 901. The summed E-state index contributed by atoms with van der Waals surface area (Å²) in [5.41, 5.74) is 3.51. The molecule has 5 nitrogen and oxygen atoms in total. The molecule has 1 aliphatic carbocycles. The maximum absolute atomic E-state index is 12.4. The number of carbonyl (C=O) groups is 1. The van der Waals surface area contributed by atoms with Crippen LogP contribution in [0.15, 0.2) is 48.7 Å². The van der Waals surface area contributed by atoms with Crippen LogP contribution in [0, 0.1) is 0 Å². The van der Waals surface area contributed by atoms with Crippen LogP contribution in [0.4, 0.5) is 4.79 Å². The summed E-state index contributed by atoms with van der Waals surface area (Å²) in [6.07, 6.45) is 4.60. The van der Waals surface area contributed by atoms with Gasteiger partial charge in [-0.2, -0.15) is 5.10 Å². The molecule has 0 aliphatic heterocycles. The summed E-state index contributed by atoms with van der Waals surface area (Å²) in [6, 6.07) is 14.5. The number of rotatable bonds is 3. The van der Waals surface area contributed by atoms with E-state index >= 15 is 0 Å². The summed E-state index contributed by atoms with van der Waals surface area (Å²) in [6.45, 7) is 2.01. The number of aromatic nitrogens is 2. The lowest BCUT2D eigenvalue weighted by Crippen LogP contribution is -2.45. The van der Waals surface area contributed by atoms with Gasteiger partial charge in [0.05, 0.1) is 12.2 Å². The second-order valence-corrected chi connectivity index (χ2v) is 6.76. The molecule has 0 saturated carbocycles. The highest BCUT2D eigenvalue weighted by Gasteiger charge is 2.22. The fraction of sp³-hybridized carbons (Fsp3) is 0.300. The summed E-state index contributed by atoms with van der Waals surface area (Å²) in [5, 5.41) is 15.6. The van der Waals surface area contributed by atoms with Crippen molar-refractivity contribution in [3.8, 4) is 0 Å². The molecule has 2 atom stereocenters. The molecule has 4 rings (SSSR count). The zero-order chi connectivity index (χ0) is 17.2. The van der Waals surface area contributed by atoms with Crippen LogP contribution < -0.4 is 10.6 Å². The molecule has 128 valence electrons. The Morgan fingerprint density at radius 2 is 2.08 bits per heavy atom. The molecule has 2 aromatic carbocycles. The van der Waals surface area contributed by atoms with E-state index in [1.54, 1.807) is 0 Å². The number of hydrogen-bond donors (Lipinski definition) is 3. The van der Waals surface area contributed by atoms with Crippen molar-refractivity contribution in [1.29, 1.82) is 0 Å². The van der Waals surface area contributed by atoms with Gasteiger partial charge in [0.25, 0.3) is 0 Å². The Morgan fingerprint density at radius 1 is 1.24 bits per heavy atom. The van der Waals surface area contributed by atoms with E-state index in [0.717, 1.165) is 30.5 Å². The van der Waals surface area contributed by atoms with Crippen molar-refractivity contribution in [3.05, 3.63) is 65.5 Å². The first-order chi connectivity index (χ1) is 12.2. The Kier molecular flexibility index (Phi) is 4.14. The smallest absolute Gasteiger partial charge is 0.315 e. The van der Waals surface area contributed by atoms with Gasteiger partial charge in [0.15, 0.2) is 0 Å². The predicted octanol–water partition coefficient (Wildman–Crippen LogP) is 3.48. The lowest BCUT2D eigenvalue weighted by molar-refractivity contribution is 0.232. The van der Waals surface area contributed by atoms with E-state index in [1.165, 1.54) is 16.3 Å². The van der Waals surface area contributed by atoms with Crippen LogP contribution >= 0.6 is 0 Å². The van der Waals surface area contributed by atoms with Gasteiger partial charge in [0.2, 0.25) is 0 Å². The molecule has 0 fully saturated rings. The number of aromatic amines is 1. The topological polar surface area (TPSA) is 69.8 Å². The van der Waals surface area contributed by atoms with Crippen molar-refractivity contribution in [3.63, 3.8) is 0 Å². The zero-order valence-corrected chi connectivity index (χ0v) is 14.3. The van der Waals surface area contributed by atoms with E-state index in [0.29, 0.717) is 0 Å². The largest absolute Gasteiger partial charge is 0.335 e. The van der Waals surface area contributed by atoms with Crippen LogP contribution in [0.2, 0.25) is 0 Å². The SMILES string of the molecule is C[C@H](NC(=O)N[C@H]1CCc2cn[nH]c2C1)c1ccc2ccccc2c1. The predicted molar refractivity (Wildman–Crippen MR) is 98.4 cm³/mol. The van der Waals surface area contributed by atoms with Crippen molar-refractivity contribution in [1.82, 2.24) is 20.8 Å². The van der Waals surface area contributed by atoms with Gasteiger partial charge >= 0.3 is 6.03 Å². The minimum Gasteiger partial charge on any atom is -0.335 e. The van der Waals surface area contributed by atoms with Gasteiger partial charge in [-0.15, -0.1) is 0 Å². The molecule has 0 radical (unpaired) electrons. The van der Waals surface area contributed by atoms with Gasteiger partial charge in [0.1, 0.15) is 0 Å². The quantitative estimate of drug-likeness (QED) is 0.686. The van der Waals surface area contributed by atoms with Crippen LogP contribution in [0.1, 0.15) is 36.2 Å². The molecular formula is C20H22N4O. The summed E-state index contributed by atoms with van der Waals surface area (Å²) >= 11 is 0. The molecule has 0 saturated heterocycles. The number of nitrogens with zero attached hydrogens (tertiary/aromatic N) is 1. The molecule has 3 aromatic rings. The molecule has 1 aromatic heterocycles. The monoisotopic (exact) mass is 334 g/mol. The van der Waals surface area contributed by atoms with Crippen LogP contribution in [0.25, 0.3) is 10.8 Å². The number of aryl methyl sites for hydroxylation is 1. The molecule has 25 heavy (non-hydrogen) atoms. The van der Waals surface area contributed by atoms with Gasteiger partial charge in [-0.3, -0.25) is 5.10 Å². The van der Waals surface area contributed by atoms with Crippen molar-refractivity contribution >= 4 is 16.8 Å². The molecule has 2 amide bonds. The highest BCUT2D eigenvalue weighted by atomic mass is 16.2. The number of benzene rings is 2. The molecule has 5 heteroatoms. The number of amides is 2. The lowest BCUT2D eigenvalue weighted by atomic mass is 9.94. The maximum Gasteiger partial charge on any atom is 0.315 e. The van der Waals surface area contributed by atoms with E-state index in [-0.39, 0.29) is 18.1 Å². The third kappa shape index (κ3) is 3.36.